The van der Waals surface area contributed by atoms with Crippen LogP contribution in [0.3, 0.4) is 0 Å². The quantitative estimate of drug-likeness (QED) is 0.885. The lowest BCUT2D eigenvalue weighted by molar-refractivity contribution is -0.141. The van der Waals surface area contributed by atoms with E-state index >= 15 is 0 Å². The summed E-state index contributed by atoms with van der Waals surface area (Å²) >= 11 is 1.03. The van der Waals surface area contributed by atoms with Crippen molar-refractivity contribution in [2.45, 2.75) is 44.2 Å². The maximum Gasteiger partial charge on any atom is 0.326 e. The molecule has 0 aromatic carbocycles. The molecule has 1 aliphatic carbocycles. The lowest BCUT2D eigenvalue weighted by Crippen LogP contribution is -2.46. The summed E-state index contributed by atoms with van der Waals surface area (Å²) in [6.07, 6.45) is 6.14. The molecule has 1 saturated carbocycles. The van der Waals surface area contributed by atoms with E-state index in [0.717, 1.165) is 37.2 Å². The molecule has 0 bridgehead atoms. The number of fused-ring (bicyclic) bond motifs is 1. The molecule has 1 amide bonds. The first-order valence-corrected chi connectivity index (χ1v) is 7.28. The molecule has 3 rings (SSSR count). The highest BCUT2D eigenvalue weighted by molar-refractivity contribution is 7.07. The molecule has 0 unspecified atom stereocenters. The zero-order valence-electron chi connectivity index (χ0n) is 10.4. The Morgan fingerprint density at radius 3 is 2.84 bits per heavy atom. The second-order valence-electron chi connectivity index (χ2n) is 5.20. The van der Waals surface area contributed by atoms with E-state index in [1.54, 1.807) is 4.90 Å². The van der Waals surface area contributed by atoms with Crippen molar-refractivity contribution in [3.05, 3.63) is 11.1 Å². The van der Waals surface area contributed by atoms with Gasteiger partial charge in [0.15, 0.2) is 0 Å². The number of carbonyl (C=O) groups excluding carboxylic acids is 1. The number of likely N-dealkylation sites (tertiary alicyclic amines) is 1. The first-order chi connectivity index (χ1) is 9.18. The van der Waals surface area contributed by atoms with Crippen molar-refractivity contribution in [1.82, 2.24) is 14.5 Å². The van der Waals surface area contributed by atoms with Gasteiger partial charge < -0.3 is 10.0 Å². The van der Waals surface area contributed by atoms with Gasteiger partial charge in [-0.25, -0.2) is 4.79 Å². The third-order valence-corrected chi connectivity index (χ3v) is 4.83. The van der Waals surface area contributed by atoms with Crippen LogP contribution in [0.2, 0.25) is 0 Å². The van der Waals surface area contributed by atoms with Gasteiger partial charge in [-0.1, -0.05) is 17.3 Å². The van der Waals surface area contributed by atoms with Crippen molar-refractivity contribution < 1.29 is 14.7 Å². The third kappa shape index (κ3) is 2.11. The molecule has 3 atom stereocenters. The minimum Gasteiger partial charge on any atom is -0.480 e. The second kappa shape index (κ2) is 4.88. The molecule has 19 heavy (non-hydrogen) atoms. The molecule has 1 saturated heterocycles. The van der Waals surface area contributed by atoms with Gasteiger partial charge in [-0.15, -0.1) is 5.10 Å². The summed E-state index contributed by atoms with van der Waals surface area (Å²) in [5.41, 5.74) is 0. The molecule has 6 nitrogen and oxygen atoms in total. The third-order valence-electron chi connectivity index (χ3n) is 4.18. The van der Waals surface area contributed by atoms with E-state index in [2.05, 4.69) is 9.59 Å². The molecule has 0 spiro atoms. The van der Waals surface area contributed by atoms with Crippen molar-refractivity contribution in [2.75, 3.05) is 0 Å². The summed E-state index contributed by atoms with van der Waals surface area (Å²) in [4.78, 5) is 25.9. The number of aromatic nitrogens is 2. The van der Waals surface area contributed by atoms with Crippen LogP contribution in [0.25, 0.3) is 0 Å². The predicted molar refractivity (Wildman–Crippen MR) is 67.9 cm³/mol. The van der Waals surface area contributed by atoms with Gasteiger partial charge >= 0.3 is 5.97 Å². The molecule has 102 valence electrons. The molecule has 1 N–H and O–H groups in total. The summed E-state index contributed by atoms with van der Waals surface area (Å²) in [5.74, 6) is -0.795. The van der Waals surface area contributed by atoms with Crippen molar-refractivity contribution >= 4 is 23.4 Å². The van der Waals surface area contributed by atoms with Crippen LogP contribution < -0.4 is 0 Å². The molecule has 2 heterocycles. The van der Waals surface area contributed by atoms with Crippen LogP contribution in [0.5, 0.6) is 0 Å². The van der Waals surface area contributed by atoms with E-state index in [1.165, 1.54) is 6.20 Å². The van der Waals surface area contributed by atoms with E-state index in [1.807, 2.05) is 0 Å². The summed E-state index contributed by atoms with van der Waals surface area (Å²) in [6.45, 7) is 0. The molecule has 2 fully saturated rings. The summed E-state index contributed by atoms with van der Waals surface area (Å²) in [6, 6.07) is -0.618. The second-order valence-corrected chi connectivity index (χ2v) is 5.98. The minimum absolute atomic E-state index is 0.0736. The Kier molecular flexibility index (Phi) is 3.22. The Hall–Kier alpha value is -1.50. The zero-order valence-corrected chi connectivity index (χ0v) is 11.2. The lowest BCUT2D eigenvalue weighted by atomic mass is 9.85. The smallest absolute Gasteiger partial charge is 0.326 e. The lowest BCUT2D eigenvalue weighted by Gasteiger charge is -2.32. The maximum atomic E-state index is 12.5. The van der Waals surface area contributed by atoms with Gasteiger partial charge in [-0.2, -0.15) is 0 Å². The van der Waals surface area contributed by atoms with Crippen LogP contribution in [0, 0.1) is 5.92 Å². The van der Waals surface area contributed by atoms with Crippen molar-refractivity contribution in [2.24, 2.45) is 5.92 Å². The highest BCUT2D eigenvalue weighted by atomic mass is 32.1. The summed E-state index contributed by atoms with van der Waals surface area (Å²) < 4.78 is 3.69. The molecule has 1 aromatic rings. The highest BCUT2D eigenvalue weighted by Crippen LogP contribution is 2.40. The largest absolute Gasteiger partial charge is 0.480 e. The number of carboxylic acids is 1. The van der Waals surface area contributed by atoms with E-state index in [9.17, 15) is 14.7 Å². The number of amides is 1. The monoisotopic (exact) mass is 281 g/mol. The van der Waals surface area contributed by atoms with Gasteiger partial charge in [-0.05, 0) is 36.7 Å². The fraction of sp³-hybridized carbons (Fsp3) is 0.667. The number of carbonyl (C=O) groups is 2. The van der Waals surface area contributed by atoms with E-state index < -0.39 is 12.0 Å². The molecule has 0 radical (unpaired) electrons. The van der Waals surface area contributed by atoms with Gasteiger partial charge in [0, 0.05) is 6.04 Å². The van der Waals surface area contributed by atoms with Crippen LogP contribution in [0.4, 0.5) is 0 Å². The number of hydrogen-bond donors (Lipinski definition) is 1. The number of nitrogens with zero attached hydrogens (tertiary/aromatic N) is 3. The van der Waals surface area contributed by atoms with E-state index in [0.29, 0.717) is 17.2 Å². The summed E-state index contributed by atoms with van der Waals surface area (Å²) in [5, 5.41) is 13.0. The molecular formula is C12H15N3O3S. The Morgan fingerprint density at radius 1 is 1.37 bits per heavy atom. The predicted octanol–water partition coefficient (Wildman–Crippen LogP) is 1.40. The zero-order chi connectivity index (χ0) is 13.4. The average molecular weight is 281 g/mol. The number of rotatable bonds is 2. The van der Waals surface area contributed by atoms with E-state index in [-0.39, 0.29) is 11.9 Å². The van der Waals surface area contributed by atoms with Crippen molar-refractivity contribution in [3.8, 4) is 0 Å². The Labute approximate surface area is 114 Å². The summed E-state index contributed by atoms with van der Waals surface area (Å²) in [7, 11) is 0. The first-order valence-electron chi connectivity index (χ1n) is 6.51. The molecule has 2 aliphatic rings. The number of aliphatic carboxylic acids is 1. The van der Waals surface area contributed by atoms with Crippen LogP contribution >= 0.6 is 11.5 Å². The maximum absolute atomic E-state index is 12.5. The van der Waals surface area contributed by atoms with Crippen molar-refractivity contribution in [3.63, 3.8) is 0 Å². The first kappa shape index (κ1) is 12.5. The van der Waals surface area contributed by atoms with Gasteiger partial charge in [-0.3, -0.25) is 4.79 Å². The van der Waals surface area contributed by atoms with Crippen molar-refractivity contribution in [1.29, 1.82) is 0 Å². The van der Waals surface area contributed by atoms with Gasteiger partial charge in [0.1, 0.15) is 10.9 Å². The number of hydrogen-bond acceptors (Lipinski definition) is 5. The van der Waals surface area contributed by atoms with Gasteiger partial charge in [0.2, 0.25) is 0 Å². The molecule has 1 aromatic heterocycles. The highest BCUT2D eigenvalue weighted by Gasteiger charge is 2.47. The Balaban J connectivity index is 1.90. The van der Waals surface area contributed by atoms with Gasteiger partial charge in [0.05, 0.1) is 6.20 Å². The molecule has 1 aliphatic heterocycles. The van der Waals surface area contributed by atoms with Crippen LogP contribution in [-0.2, 0) is 4.79 Å². The molecular weight excluding hydrogens is 266 g/mol. The van der Waals surface area contributed by atoms with Crippen LogP contribution in [0.1, 0.15) is 41.8 Å². The normalized spacial score (nSPS) is 30.1. The standard InChI is InChI=1S/C12H15N3O3S/c16-11(10-6-13-14-19-10)15-8-4-2-1-3-7(8)5-9(15)12(17)18/h6-9H,1-5H2,(H,17,18)/t7-,8+,9-/m0/s1. The SMILES string of the molecule is O=C(O)[C@@H]1C[C@@H]2CCCC[C@H]2N1C(=O)c1cnns1. The Bertz CT molecular complexity index is 490. The average Bonchev–Trinajstić information content (AvgIpc) is 3.05. The number of carboxylic acid groups (broad SMARTS) is 1. The minimum atomic E-state index is -0.903. The molecule has 7 heteroatoms. The topological polar surface area (TPSA) is 83.4 Å². The van der Waals surface area contributed by atoms with Crippen LogP contribution in [0.15, 0.2) is 6.20 Å². The fourth-order valence-corrected chi connectivity index (χ4v) is 3.82. The fourth-order valence-electron chi connectivity index (χ4n) is 3.36. The van der Waals surface area contributed by atoms with E-state index in [4.69, 9.17) is 0 Å². The van der Waals surface area contributed by atoms with Gasteiger partial charge in [0.25, 0.3) is 5.91 Å². The Morgan fingerprint density at radius 2 is 2.16 bits per heavy atom. The van der Waals surface area contributed by atoms with Crippen LogP contribution in [-0.4, -0.2) is 43.6 Å².